The Bertz CT molecular complexity index is 930. The van der Waals surface area contributed by atoms with E-state index in [0.717, 1.165) is 21.8 Å². The molecule has 0 spiro atoms. The molecule has 0 unspecified atom stereocenters. The molecule has 0 atom stereocenters. The van der Waals surface area contributed by atoms with Gasteiger partial charge in [0.1, 0.15) is 11.1 Å². The molecule has 0 aliphatic carbocycles. The molecular formula is C19H15N3OS2. The number of rotatable bonds is 5. The van der Waals surface area contributed by atoms with Crippen molar-refractivity contribution in [3.63, 3.8) is 0 Å². The number of carbonyl (C=O) groups excluding carboxylic acids is 1. The molecule has 0 aliphatic rings. The maximum absolute atomic E-state index is 12.2. The van der Waals surface area contributed by atoms with Crippen molar-refractivity contribution in [2.75, 3.05) is 11.1 Å². The first kappa shape index (κ1) is 17.2. The van der Waals surface area contributed by atoms with E-state index >= 15 is 0 Å². The van der Waals surface area contributed by atoms with Crippen LogP contribution >= 0.6 is 23.1 Å². The molecule has 0 saturated heterocycles. The molecule has 0 aliphatic heterocycles. The number of pyridine rings is 1. The van der Waals surface area contributed by atoms with Gasteiger partial charge in [0.25, 0.3) is 0 Å². The van der Waals surface area contributed by atoms with Gasteiger partial charge in [0.2, 0.25) is 5.91 Å². The average Bonchev–Trinajstić information content (AvgIpc) is 3.14. The van der Waals surface area contributed by atoms with E-state index in [2.05, 4.69) is 16.4 Å². The summed E-state index contributed by atoms with van der Waals surface area (Å²) in [7, 11) is 0. The molecule has 2 aromatic heterocycles. The summed E-state index contributed by atoms with van der Waals surface area (Å²) in [5, 5.41) is 14.7. The van der Waals surface area contributed by atoms with Gasteiger partial charge < -0.3 is 5.32 Å². The van der Waals surface area contributed by atoms with Crippen molar-refractivity contribution in [3.8, 4) is 16.6 Å². The standard InChI is InChI=1S/C19H15N3OS2/c1-13-4-2-5-15(10-13)21-18(23)12-25-19-14(11-20)7-8-16(22-19)17-6-3-9-24-17/h2-10H,12H2,1H3,(H,21,23). The maximum atomic E-state index is 12.2. The van der Waals surface area contributed by atoms with Gasteiger partial charge in [-0.25, -0.2) is 4.98 Å². The highest BCUT2D eigenvalue weighted by Crippen LogP contribution is 2.28. The van der Waals surface area contributed by atoms with Gasteiger partial charge >= 0.3 is 0 Å². The Balaban J connectivity index is 1.70. The average molecular weight is 365 g/mol. The summed E-state index contributed by atoms with van der Waals surface area (Å²) in [5.41, 5.74) is 3.15. The van der Waals surface area contributed by atoms with Crippen LogP contribution in [-0.2, 0) is 4.79 Å². The third-order valence-corrected chi connectivity index (χ3v) is 5.28. The van der Waals surface area contributed by atoms with Crippen LogP contribution in [0.25, 0.3) is 10.6 Å². The van der Waals surface area contributed by atoms with Crippen LogP contribution in [0.15, 0.2) is 58.9 Å². The van der Waals surface area contributed by atoms with E-state index < -0.39 is 0 Å². The number of nitrogens with zero attached hydrogens (tertiary/aromatic N) is 2. The monoisotopic (exact) mass is 365 g/mol. The van der Waals surface area contributed by atoms with Crippen molar-refractivity contribution in [1.82, 2.24) is 4.98 Å². The van der Waals surface area contributed by atoms with Gasteiger partial charge in [-0.15, -0.1) is 11.3 Å². The smallest absolute Gasteiger partial charge is 0.234 e. The second-order valence-electron chi connectivity index (χ2n) is 5.34. The number of carbonyl (C=O) groups is 1. The molecule has 124 valence electrons. The highest BCUT2D eigenvalue weighted by molar-refractivity contribution is 8.00. The Morgan fingerprint density at radius 3 is 2.88 bits per heavy atom. The minimum atomic E-state index is -0.122. The Morgan fingerprint density at radius 2 is 2.16 bits per heavy atom. The summed E-state index contributed by atoms with van der Waals surface area (Å²) in [5.74, 6) is 0.0755. The number of benzene rings is 1. The molecule has 0 radical (unpaired) electrons. The number of nitrogens with one attached hydrogen (secondary N) is 1. The second-order valence-corrected chi connectivity index (χ2v) is 7.26. The zero-order valence-electron chi connectivity index (χ0n) is 13.5. The lowest BCUT2D eigenvalue weighted by Crippen LogP contribution is -2.14. The number of thioether (sulfide) groups is 1. The molecule has 0 bridgehead atoms. The van der Waals surface area contributed by atoms with Gasteiger partial charge in [0.05, 0.1) is 21.9 Å². The summed E-state index contributed by atoms with van der Waals surface area (Å²) in [6.45, 7) is 1.98. The molecule has 3 aromatic rings. The molecule has 0 fully saturated rings. The molecule has 0 saturated carbocycles. The van der Waals surface area contributed by atoms with Crippen molar-refractivity contribution in [1.29, 1.82) is 5.26 Å². The highest BCUT2D eigenvalue weighted by Gasteiger charge is 2.11. The van der Waals surface area contributed by atoms with E-state index in [1.807, 2.05) is 54.8 Å². The van der Waals surface area contributed by atoms with Crippen LogP contribution in [0.4, 0.5) is 5.69 Å². The number of anilines is 1. The summed E-state index contributed by atoms with van der Waals surface area (Å²) >= 11 is 2.87. The zero-order chi connectivity index (χ0) is 17.6. The number of hydrogen-bond donors (Lipinski definition) is 1. The summed E-state index contributed by atoms with van der Waals surface area (Å²) in [6.07, 6.45) is 0. The van der Waals surface area contributed by atoms with Gasteiger partial charge in [-0.05, 0) is 48.2 Å². The van der Waals surface area contributed by atoms with Crippen LogP contribution in [0.5, 0.6) is 0 Å². The molecule has 3 rings (SSSR count). The lowest BCUT2D eigenvalue weighted by molar-refractivity contribution is -0.113. The van der Waals surface area contributed by atoms with Gasteiger partial charge in [-0.2, -0.15) is 5.26 Å². The van der Waals surface area contributed by atoms with E-state index in [1.165, 1.54) is 11.8 Å². The zero-order valence-corrected chi connectivity index (χ0v) is 15.2. The van der Waals surface area contributed by atoms with Crippen LogP contribution in [0.1, 0.15) is 11.1 Å². The second kappa shape index (κ2) is 7.97. The first-order valence-corrected chi connectivity index (χ1v) is 9.46. The number of hydrogen-bond acceptors (Lipinski definition) is 5. The Labute approximate surface area is 154 Å². The quantitative estimate of drug-likeness (QED) is 0.664. The van der Waals surface area contributed by atoms with E-state index in [1.54, 1.807) is 17.4 Å². The van der Waals surface area contributed by atoms with Gasteiger partial charge in [0, 0.05) is 5.69 Å². The van der Waals surface area contributed by atoms with Crippen LogP contribution in [0.3, 0.4) is 0 Å². The van der Waals surface area contributed by atoms with Gasteiger partial charge in [-0.3, -0.25) is 4.79 Å². The number of amides is 1. The summed E-state index contributed by atoms with van der Waals surface area (Å²) in [4.78, 5) is 17.8. The van der Waals surface area contributed by atoms with Crippen molar-refractivity contribution >= 4 is 34.7 Å². The Hall–Kier alpha value is -2.62. The van der Waals surface area contributed by atoms with E-state index in [9.17, 15) is 10.1 Å². The molecular weight excluding hydrogens is 350 g/mol. The van der Waals surface area contributed by atoms with E-state index in [-0.39, 0.29) is 11.7 Å². The van der Waals surface area contributed by atoms with E-state index in [0.29, 0.717) is 10.6 Å². The first-order chi connectivity index (χ1) is 12.2. The van der Waals surface area contributed by atoms with Crippen LogP contribution in [0, 0.1) is 18.3 Å². The molecule has 1 N–H and O–H groups in total. The predicted molar refractivity (Wildman–Crippen MR) is 103 cm³/mol. The molecule has 1 amide bonds. The third kappa shape index (κ3) is 4.47. The predicted octanol–water partition coefficient (Wildman–Crippen LogP) is 4.72. The van der Waals surface area contributed by atoms with Crippen LogP contribution in [-0.4, -0.2) is 16.6 Å². The normalized spacial score (nSPS) is 10.2. The van der Waals surface area contributed by atoms with Crippen molar-refractivity contribution in [2.45, 2.75) is 11.9 Å². The third-order valence-electron chi connectivity index (χ3n) is 3.40. The largest absolute Gasteiger partial charge is 0.325 e. The minimum absolute atomic E-state index is 0.122. The SMILES string of the molecule is Cc1cccc(NC(=O)CSc2nc(-c3cccs3)ccc2C#N)c1. The Kier molecular flexibility index (Phi) is 5.49. The van der Waals surface area contributed by atoms with E-state index in [4.69, 9.17) is 0 Å². The highest BCUT2D eigenvalue weighted by atomic mass is 32.2. The van der Waals surface area contributed by atoms with Gasteiger partial charge in [0.15, 0.2) is 0 Å². The van der Waals surface area contributed by atoms with Gasteiger partial charge in [-0.1, -0.05) is 30.0 Å². The van der Waals surface area contributed by atoms with Crippen LogP contribution in [0.2, 0.25) is 0 Å². The molecule has 2 heterocycles. The molecule has 1 aromatic carbocycles. The molecule has 4 nitrogen and oxygen atoms in total. The molecule has 25 heavy (non-hydrogen) atoms. The fraction of sp³-hybridized carbons (Fsp3) is 0.105. The minimum Gasteiger partial charge on any atom is -0.325 e. The number of aromatic nitrogens is 1. The molecule has 6 heteroatoms. The topological polar surface area (TPSA) is 65.8 Å². The fourth-order valence-corrected chi connectivity index (χ4v) is 3.72. The van der Waals surface area contributed by atoms with Crippen molar-refractivity contribution < 1.29 is 4.79 Å². The van der Waals surface area contributed by atoms with Crippen molar-refractivity contribution in [2.24, 2.45) is 0 Å². The first-order valence-electron chi connectivity index (χ1n) is 7.60. The van der Waals surface area contributed by atoms with Crippen molar-refractivity contribution in [3.05, 3.63) is 65.0 Å². The fourth-order valence-electron chi connectivity index (χ4n) is 2.25. The lowest BCUT2D eigenvalue weighted by atomic mass is 10.2. The lowest BCUT2D eigenvalue weighted by Gasteiger charge is -2.07. The number of aryl methyl sites for hydroxylation is 1. The maximum Gasteiger partial charge on any atom is 0.234 e. The Morgan fingerprint density at radius 1 is 1.28 bits per heavy atom. The van der Waals surface area contributed by atoms with Crippen LogP contribution < -0.4 is 5.32 Å². The number of thiophene rings is 1. The number of nitriles is 1. The summed E-state index contributed by atoms with van der Waals surface area (Å²) in [6, 6.07) is 17.3. The summed E-state index contributed by atoms with van der Waals surface area (Å²) < 4.78 is 0.